The molecule has 0 spiro atoms. The first kappa shape index (κ1) is 19.8. The Morgan fingerprint density at radius 1 is 1.19 bits per heavy atom. The molecule has 0 heterocycles. The van der Waals surface area contributed by atoms with Gasteiger partial charge in [-0.3, -0.25) is 10.0 Å². The summed E-state index contributed by atoms with van der Waals surface area (Å²) in [4.78, 5) is 11.7. The summed E-state index contributed by atoms with van der Waals surface area (Å²) in [5.41, 5.74) is 1.32. The maximum atomic E-state index is 12.1. The van der Waals surface area contributed by atoms with Gasteiger partial charge in [0.2, 0.25) is 0 Å². The molecule has 21 heavy (non-hydrogen) atoms. The van der Waals surface area contributed by atoms with Crippen LogP contribution in [0.2, 0.25) is 0 Å². The third kappa shape index (κ3) is 5.25. The third-order valence-corrected chi connectivity index (χ3v) is 7.18. The molecule has 122 valence electrons. The number of amides is 1. The molecular formula is C12H21NO6S2. The zero-order chi connectivity index (χ0) is 16.7. The topological polar surface area (TPSA) is 118 Å². The lowest BCUT2D eigenvalue weighted by molar-refractivity contribution is -0.131. The second-order valence-electron chi connectivity index (χ2n) is 4.75. The number of hydrogen-bond donors (Lipinski definition) is 2. The summed E-state index contributed by atoms with van der Waals surface area (Å²) in [5, 5.41) is 8.72. The monoisotopic (exact) mass is 339 g/mol. The van der Waals surface area contributed by atoms with Crippen molar-refractivity contribution < 1.29 is 26.8 Å². The Labute approximate surface area is 125 Å². The van der Waals surface area contributed by atoms with Gasteiger partial charge >= 0.3 is 0 Å². The number of nitrogens with one attached hydrogen (secondary N) is 1. The summed E-state index contributed by atoms with van der Waals surface area (Å²) in [6.07, 6.45) is 2.11. The molecule has 9 heteroatoms. The van der Waals surface area contributed by atoms with Gasteiger partial charge in [-0.25, -0.2) is 22.3 Å². The molecule has 0 saturated carbocycles. The van der Waals surface area contributed by atoms with Crippen LogP contribution in [0.5, 0.6) is 0 Å². The predicted octanol–water partition coefficient (Wildman–Crippen LogP) is 0.232. The first-order chi connectivity index (χ1) is 9.56. The van der Waals surface area contributed by atoms with Crippen LogP contribution in [0.25, 0.3) is 0 Å². The highest BCUT2D eigenvalue weighted by Crippen LogP contribution is 2.25. The molecule has 1 atom stereocenters. The lowest BCUT2D eigenvalue weighted by Gasteiger charge is -2.26. The average Bonchev–Trinajstić information content (AvgIpc) is 2.36. The van der Waals surface area contributed by atoms with Crippen molar-refractivity contribution in [1.82, 2.24) is 5.48 Å². The molecule has 0 aromatic rings. The van der Waals surface area contributed by atoms with Crippen molar-refractivity contribution in [2.24, 2.45) is 0 Å². The minimum atomic E-state index is -3.92. The van der Waals surface area contributed by atoms with E-state index >= 15 is 0 Å². The van der Waals surface area contributed by atoms with Crippen molar-refractivity contribution in [2.45, 2.75) is 24.5 Å². The second kappa shape index (κ2) is 7.71. The van der Waals surface area contributed by atoms with Crippen LogP contribution in [0.15, 0.2) is 25.3 Å². The van der Waals surface area contributed by atoms with E-state index in [9.17, 15) is 21.6 Å². The van der Waals surface area contributed by atoms with E-state index in [4.69, 9.17) is 5.21 Å². The number of carbonyl (C=O) groups is 1. The largest absolute Gasteiger partial charge is 0.289 e. The van der Waals surface area contributed by atoms with E-state index in [0.29, 0.717) is 0 Å². The molecule has 0 aromatic carbocycles. The van der Waals surface area contributed by atoms with Gasteiger partial charge < -0.3 is 0 Å². The number of hydroxylamine groups is 1. The molecule has 0 aliphatic heterocycles. The molecule has 7 nitrogen and oxygen atoms in total. The van der Waals surface area contributed by atoms with Crippen molar-refractivity contribution in [2.75, 3.05) is 17.3 Å². The van der Waals surface area contributed by atoms with Gasteiger partial charge in [-0.1, -0.05) is 12.2 Å². The van der Waals surface area contributed by atoms with E-state index in [-0.39, 0.29) is 24.3 Å². The molecule has 1 unspecified atom stereocenters. The average molecular weight is 339 g/mol. The van der Waals surface area contributed by atoms with E-state index in [1.165, 1.54) is 11.6 Å². The van der Waals surface area contributed by atoms with Crippen LogP contribution < -0.4 is 5.48 Å². The summed E-state index contributed by atoms with van der Waals surface area (Å²) >= 11 is 0. The van der Waals surface area contributed by atoms with Crippen LogP contribution in [-0.4, -0.2) is 50.0 Å². The zero-order valence-corrected chi connectivity index (χ0v) is 13.5. The highest BCUT2D eigenvalue weighted by Gasteiger charge is 2.45. The van der Waals surface area contributed by atoms with Gasteiger partial charge in [-0.05, 0) is 19.8 Å². The van der Waals surface area contributed by atoms with Crippen molar-refractivity contribution in [1.29, 1.82) is 0 Å². The molecule has 0 saturated heterocycles. The molecule has 0 aliphatic rings. The van der Waals surface area contributed by atoms with E-state index in [1.54, 1.807) is 0 Å². The first-order valence-electron chi connectivity index (χ1n) is 6.15. The van der Waals surface area contributed by atoms with E-state index < -0.39 is 36.1 Å². The molecule has 0 radical (unpaired) electrons. The maximum Gasteiger partial charge on any atom is 0.264 e. The van der Waals surface area contributed by atoms with Gasteiger partial charge in [0.25, 0.3) is 5.91 Å². The predicted molar refractivity (Wildman–Crippen MR) is 80.4 cm³/mol. The van der Waals surface area contributed by atoms with E-state index in [0.717, 1.165) is 13.0 Å². The number of sulfone groups is 2. The standard InChI is InChI=1S/C12H21NO6S2/c1-4-8-20(16,17)10-6-7-12(3,11(14)13-15)21(18,19)9-5-2/h4-5,15H,1-2,6-10H2,3H3,(H,13,14). The van der Waals surface area contributed by atoms with Gasteiger partial charge in [0.1, 0.15) is 4.75 Å². The summed E-state index contributed by atoms with van der Waals surface area (Å²) in [7, 11) is -7.29. The van der Waals surface area contributed by atoms with Crippen LogP contribution >= 0.6 is 0 Å². The Kier molecular flexibility index (Phi) is 7.28. The fourth-order valence-corrected chi connectivity index (χ4v) is 4.33. The Balaban J connectivity index is 5.18. The number of rotatable bonds is 10. The first-order valence-corrected chi connectivity index (χ1v) is 9.62. The van der Waals surface area contributed by atoms with E-state index in [1.807, 2.05) is 0 Å². The van der Waals surface area contributed by atoms with Gasteiger partial charge in [0.05, 0.1) is 17.3 Å². The second-order valence-corrected chi connectivity index (χ2v) is 9.44. The van der Waals surface area contributed by atoms with Crippen molar-refractivity contribution in [3.05, 3.63) is 25.3 Å². The SMILES string of the molecule is C=CCS(=O)(=O)CCCC(C)(C(=O)NO)S(=O)(=O)CC=C. The Morgan fingerprint density at radius 3 is 2.14 bits per heavy atom. The van der Waals surface area contributed by atoms with E-state index in [2.05, 4.69) is 13.2 Å². The molecule has 0 rings (SSSR count). The lowest BCUT2D eigenvalue weighted by atomic mass is 10.0. The van der Waals surface area contributed by atoms with Gasteiger partial charge in [0.15, 0.2) is 19.7 Å². The van der Waals surface area contributed by atoms with Crippen LogP contribution in [-0.2, 0) is 24.5 Å². The summed E-state index contributed by atoms with van der Waals surface area (Å²) in [5.74, 6) is -2.02. The molecule has 2 N–H and O–H groups in total. The summed E-state index contributed by atoms with van der Waals surface area (Å²) < 4.78 is 45.4. The Bertz CT molecular complexity index is 593. The fraction of sp³-hybridized carbons (Fsp3) is 0.583. The van der Waals surface area contributed by atoms with Gasteiger partial charge in [-0.2, -0.15) is 0 Å². The number of hydrogen-bond acceptors (Lipinski definition) is 6. The van der Waals surface area contributed by atoms with Crippen LogP contribution in [0.4, 0.5) is 0 Å². The molecule has 0 bridgehead atoms. The minimum absolute atomic E-state index is 0.0313. The summed E-state index contributed by atoms with van der Waals surface area (Å²) in [6.45, 7) is 7.78. The van der Waals surface area contributed by atoms with Crippen molar-refractivity contribution >= 4 is 25.6 Å². The smallest absolute Gasteiger partial charge is 0.264 e. The third-order valence-electron chi connectivity index (χ3n) is 3.09. The van der Waals surface area contributed by atoms with Crippen molar-refractivity contribution in [3.63, 3.8) is 0 Å². The molecule has 0 aliphatic carbocycles. The van der Waals surface area contributed by atoms with Crippen LogP contribution in [0, 0.1) is 0 Å². The van der Waals surface area contributed by atoms with Gasteiger partial charge in [0, 0.05) is 0 Å². The highest BCUT2D eigenvalue weighted by atomic mass is 32.2. The quantitative estimate of drug-likeness (QED) is 0.334. The van der Waals surface area contributed by atoms with Crippen LogP contribution in [0.1, 0.15) is 19.8 Å². The minimum Gasteiger partial charge on any atom is -0.289 e. The number of carbonyl (C=O) groups excluding carboxylic acids is 1. The normalized spacial score (nSPS) is 15.0. The maximum absolute atomic E-state index is 12.1. The summed E-state index contributed by atoms with van der Waals surface area (Å²) in [6, 6.07) is 0. The van der Waals surface area contributed by atoms with Crippen LogP contribution in [0.3, 0.4) is 0 Å². The Hall–Kier alpha value is -1.19. The van der Waals surface area contributed by atoms with Crippen molar-refractivity contribution in [3.8, 4) is 0 Å². The van der Waals surface area contributed by atoms with Gasteiger partial charge in [-0.15, -0.1) is 13.2 Å². The molecular weight excluding hydrogens is 318 g/mol. The Morgan fingerprint density at radius 2 is 1.71 bits per heavy atom. The zero-order valence-electron chi connectivity index (χ0n) is 11.9. The lowest BCUT2D eigenvalue weighted by Crippen LogP contribution is -2.50. The molecule has 0 aromatic heterocycles. The molecule has 1 amide bonds. The fourth-order valence-electron chi connectivity index (χ4n) is 1.76. The molecule has 0 fully saturated rings. The highest BCUT2D eigenvalue weighted by molar-refractivity contribution is 7.93.